The number of halogens is 4. The molecule has 0 aromatic heterocycles. The Kier molecular flexibility index (Phi) is 4.48. The summed E-state index contributed by atoms with van der Waals surface area (Å²) >= 11 is 5.85. The first-order valence-electron chi connectivity index (χ1n) is 6.03. The van der Waals surface area contributed by atoms with E-state index in [1.54, 1.807) is 18.2 Å². The van der Waals surface area contributed by atoms with Crippen LogP contribution in [0.5, 0.6) is 0 Å². The Balaban J connectivity index is 2.51. The van der Waals surface area contributed by atoms with Gasteiger partial charge in [0.1, 0.15) is 5.57 Å². The van der Waals surface area contributed by atoms with Crippen LogP contribution in [0.1, 0.15) is 15.9 Å². The molecule has 0 radical (unpaired) electrons. The smallest absolute Gasteiger partial charge is 0.289 e. The molecule has 0 fully saturated rings. The second kappa shape index (κ2) is 6.14. The van der Waals surface area contributed by atoms with E-state index in [-0.39, 0.29) is 16.1 Å². The molecule has 0 spiro atoms. The molecule has 0 unspecified atom stereocenters. The highest BCUT2D eigenvalue weighted by Crippen LogP contribution is 2.31. The molecular weight excluding hydrogens is 301 g/mol. The zero-order chi connectivity index (χ0) is 15.5. The molecule has 0 saturated carbocycles. The molecule has 2 aromatic carbocycles. The van der Waals surface area contributed by atoms with Gasteiger partial charge in [-0.3, -0.25) is 4.79 Å². The number of benzene rings is 2. The van der Waals surface area contributed by atoms with E-state index >= 15 is 0 Å². The predicted molar refractivity (Wildman–Crippen MR) is 76.3 cm³/mol. The molecule has 1 nitrogen and oxygen atoms in total. The van der Waals surface area contributed by atoms with Gasteiger partial charge < -0.3 is 0 Å². The summed E-state index contributed by atoms with van der Waals surface area (Å²) in [5.74, 6) is -1.08. The predicted octanol–water partition coefficient (Wildman–Crippen LogP) is 5.17. The van der Waals surface area contributed by atoms with Crippen molar-refractivity contribution in [2.24, 2.45) is 0 Å². The molecule has 0 saturated heterocycles. The van der Waals surface area contributed by atoms with Gasteiger partial charge in [0.05, 0.1) is 0 Å². The fraction of sp³-hybridized carbons (Fsp3) is 0.0625. The topological polar surface area (TPSA) is 17.1 Å². The minimum Gasteiger partial charge on any atom is -0.289 e. The monoisotopic (exact) mass is 310 g/mol. The highest BCUT2D eigenvalue weighted by molar-refractivity contribution is 6.32. The zero-order valence-corrected chi connectivity index (χ0v) is 11.4. The van der Waals surface area contributed by atoms with Crippen molar-refractivity contribution in [1.82, 2.24) is 0 Å². The molecule has 108 valence electrons. The normalized spacial score (nSPS) is 12.3. The van der Waals surface area contributed by atoms with E-state index in [9.17, 15) is 18.0 Å². The number of allylic oxidation sites excluding steroid dienone is 1. The number of carbonyl (C=O) groups excluding carboxylic acids is 1. The Bertz CT molecular complexity index is 675. The number of ketones is 1. The maximum absolute atomic E-state index is 13.1. The van der Waals surface area contributed by atoms with Crippen LogP contribution in [0.3, 0.4) is 0 Å². The lowest BCUT2D eigenvalue weighted by molar-refractivity contribution is -0.0878. The Morgan fingerprint density at radius 1 is 0.952 bits per heavy atom. The third-order valence-electron chi connectivity index (χ3n) is 2.79. The molecule has 2 aromatic rings. The molecule has 0 aliphatic carbocycles. The van der Waals surface area contributed by atoms with Gasteiger partial charge in [0.15, 0.2) is 5.78 Å². The first kappa shape index (κ1) is 15.3. The summed E-state index contributed by atoms with van der Waals surface area (Å²) in [5, 5.41) is 0.153. The van der Waals surface area contributed by atoms with Gasteiger partial charge in [-0.2, -0.15) is 13.2 Å². The SMILES string of the molecule is O=C(/C(=C\c1ccccc1Cl)C(F)(F)F)c1ccccc1. The van der Waals surface area contributed by atoms with Gasteiger partial charge in [0, 0.05) is 10.6 Å². The minimum atomic E-state index is -4.76. The number of carbonyl (C=O) groups is 1. The lowest BCUT2D eigenvalue weighted by atomic mass is 10.0. The van der Waals surface area contributed by atoms with Crippen molar-refractivity contribution in [1.29, 1.82) is 0 Å². The van der Waals surface area contributed by atoms with Crippen LogP contribution in [-0.4, -0.2) is 12.0 Å². The summed E-state index contributed by atoms with van der Waals surface area (Å²) in [6, 6.07) is 13.4. The largest absolute Gasteiger partial charge is 0.420 e. The first-order valence-corrected chi connectivity index (χ1v) is 6.40. The van der Waals surface area contributed by atoms with Crippen LogP contribution in [0.25, 0.3) is 6.08 Å². The van der Waals surface area contributed by atoms with Crippen molar-refractivity contribution >= 4 is 23.5 Å². The van der Waals surface area contributed by atoms with Crippen LogP contribution >= 0.6 is 11.6 Å². The summed E-state index contributed by atoms with van der Waals surface area (Å²) in [4.78, 5) is 12.1. The second-order valence-electron chi connectivity index (χ2n) is 4.27. The van der Waals surface area contributed by atoms with Crippen LogP contribution in [0.4, 0.5) is 13.2 Å². The minimum absolute atomic E-state index is 0.0203. The standard InChI is InChI=1S/C16H10ClF3O/c17-14-9-5-4-8-12(14)10-13(16(18,19)20)15(21)11-6-2-1-3-7-11/h1-10H/b13-10+. The molecule has 0 bridgehead atoms. The summed E-state index contributed by atoms with van der Waals surface area (Å²) in [7, 11) is 0. The molecule has 2 rings (SSSR count). The third kappa shape index (κ3) is 3.73. The van der Waals surface area contributed by atoms with Crippen molar-refractivity contribution in [3.8, 4) is 0 Å². The average molecular weight is 311 g/mol. The quantitative estimate of drug-likeness (QED) is 0.564. The van der Waals surface area contributed by atoms with Crippen LogP contribution in [0.15, 0.2) is 60.2 Å². The molecule has 0 amide bonds. The second-order valence-corrected chi connectivity index (χ2v) is 4.68. The molecule has 0 aliphatic rings. The van der Waals surface area contributed by atoms with Crippen LogP contribution in [-0.2, 0) is 0 Å². The lowest BCUT2D eigenvalue weighted by Gasteiger charge is -2.11. The third-order valence-corrected chi connectivity index (χ3v) is 3.14. The first-order chi connectivity index (χ1) is 9.89. The Hall–Kier alpha value is -2.07. The maximum Gasteiger partial charge on any atom is 0.420 e. The Labute approximate surface area is 124 Å². The summed E-state index contributed by atoms with van der Waals surface area (Å²) in [6.45, 7) is 0. The number of alkyl halides is 3. The van der Waals surface area contributed by atoms with Crippen LogP contribution in [0.2, 0.25) is 5.02 Å². The summed E-state index contributed by atoms with van der Waals surface area (Å²) in [6.07, 6.45) is -3.98. The molecule has 0 aliphatic heterocycles. The van der Waals surface area contributed by atoms with Crippen molar-refractivity contribution in [3.63, 3.8) is 0 Å². The van der Waals surface area contributed by atoms with E-state index in [1.165, 1.54) is 36.4 Å². The number of hydrogen-bond acceptors (Lipinski definition) is 1. The van der Waals surface area contributed by atoms with Gasteiger partial charge in [-0.1, -0.05) is 60.1 Å². The Morgan fingerprint density at radius 3 is 2.10 bits per heavy atom. The average Bonchev–Trinajstić information content (AvgIpc) is 2.45. The van der Waals surface area contributed by atoms with E-state index < -0.39 is 17.5 Å². The summed E-state index contributed by atoms with van der Waals surface area (Å²) < 4.78 is 39.4. The number of hydrogen-bond donors (Lipinski definition) is 0. The fourth-order valence-corrected chi connectivity index (χ4v) is 1.96. The van der Waals surface area contributed by atoms with Crippen molar-refractivity contribution in [2.75, 3.05) is 0 Å². The highest BCUT2D eigenvalue weighted by Gasteiger charge is 2.38. The van der Waals surface area contributed by atoms with Gasteiger partial charge in [0.2, 0.25) is 0 Å². The van der Waals surface area contributed by atoms with E-state index in [1.807, 2.05) is 0 Å². The highest BCUT2D eigenvalue weighted by atomic mass is 35.5. The van der Waals surface area contributed by atoms with Crippen molar-refractivity contribution < 1.29 is 18.0 Å². The van der Waals surface area contributed by atoms with Gasteiger partial charge in [-0.05, 0) is 17.7 Å². The van der Waals surface area contributed by atoms with Gasteiger partial charge >= 0.3 is 6.18 Å². The molecular formula is C16H10ClF3O. The Morgan fingerprint density at radius 2 is 1.52 bits per heavy atom. The van der Waals surface area contributed by atoms with Crippen LogP contribution in [0, 0.1) is 0 Å². The zero-order valence-electron chi connectivity index (χ0n) is 10.7. The van der Waals surface area contributed by atoms with E-state index in [0.29, 0.717) is 0 Å². The van der Waals surface area contributed by atoms with Gasteiger partial charge in [-0.15, -0.1) is 0 Å². The van der Waals surface area contributed by atoms with E-state index in [4.69, 9.17) is 11.6 Å². The summed E-state index contributed by atoms with van der Waals surface area (Å²) in [5.41, 5.74) is -1.12. The number of Topliss-reactive ketones (excluding diaryl/α,β-unsaturated/α-hetero) is 1. The number of rotatable bonds is 3. The lowest BCUT2D eigenvalue weighted by Crippen LogP contribution is -2.20. The molecule has 0 N–H and O–H groups in total. The van der Waals surface area contributed by atoms with E-state index in [0.717, 1.165) is 6.08 Å². The maximum atomic E-state index is 13.1. The fourth-order valence-electron chi connectivity index (χ4n) is 1.77. The molecule has 0 heterocycles. The van der Waals surface area contributed by atoms with Gasteiger partial charge in [-0.25, -0.2) is 0 Å². The molecule has 5 heteroatoms. The molecule has 0 atom stereocenters. The van der Waals surface area contributed by atoms with Crippen LogP contribution < -0.4 is 0 Å². The molecule has 21 heavy (non-hydrogen) atoms. The van der Waals surface area contributed by atoms with E-state index in [2.05, 4.69) is 0 Å². The van der Waals surface area contributed by atoms with Crippen molar-refractivity contribution in [3.05, 3.63) is 76.3 Å². The van der Waals surface area contributed by atoms with Crippen molar-refractivity contribution in [2.45, 2.75) is 6.18 Å². The van der Waals surface area contributed by atoms with Gasteiger partial charge in [0.25, 0.3) is 0 Å².